The summed E-state index contributed by atoms with van der Waals surface area (Å²) in [5.41, 5.74) is 0.223. The highest BCUT2D eigenvalue weighted by molar-refractivity contribution is 9.11. The predicted molar refractivity (Wildman–Crippen MR) is 86.7 cm³/mol. The van der Waals surface area contributed by atoms with E-state index in [4.69, 9.17) is 4.74 Å². The van der Waals surface area contributed by atoms with Crippen molar-refractivity contribution in [1.29, 1.82) is 0 Å². The molecule has 0 amide bonds. The molecule has 2 rings (SSSR count). The van der Waals surface area contributed by atoms with E-state index in [1.807, 2.05) is 19.1 Å². The first-order valence-electron chi connectivity index (χ1n) is 6.91. The van der Waals surface area contributed by atoms with Crippen LogP contribution in [-0.4, -0.2) is 32.0 Å². The van der Waals surface area contributed by atoms with Gasteiger partial charge < -0.3 is 26.6 Å². The Morgan fingerprint density at radius 2 is 1.90 bits per heavy atom. The van der Waals surface area contributed by atoms with Gasteiger partial charge in [0, 0.05) is 4.47 Å². The second-order valence-electron chi connectivity index (χ2n) is 5.58. The molecule has 118 valence electrons. The van der Waals surface area contributed by atoms with Gasteiger partial charge in [0.2, 0.25) is 0 Å². The Bertz CT molecular complexity index is 532. The quantitative estimate of drug-likeness (QED) is 0.636. The maximum atomic E-state index is 12.9. The van der Waals surface area contributed by atoms with E-state index in [2.05, 4.69) is 45.7 Å². The fraction of sp³-hybridized carbons (Fsp3) is 0.533. The summed E-state index contributed by atoms with van der Waals surface area (Å²) in [7, 11) is 0. The van der Waals surface area contributed by atoms with Gasteiger partial charge in [-0.2, -0.15) is 0 Å². The highest BCUT2D eigenvalue weighted by Crippen LogP contribution is 2.40. The number of nitrogens with one attached hydrogen (secondary N) is 1. The normalized spacial score (nSPS) is 20.8. The van der Waals surface area contributed by atoms with Gasteiger partial charge in [-0.1, -0.05) is 15.9 Å². The van der Waals surface area contributed by atoms with E-state index in [-0.39, 0.29) is 22.8 Å². The SMILES string of the molecule is CC[NH+](CC)CC1(C)COc2c(Br)cc(Br)cc2C1=O.[Br-]. The molecule has 0 fully saturated rings. The summed E-state index contributed by atoms with van der Waals surface area (Å²) < 4.78 is 7.60. The summed E-state index contributed by atoms with van der Waals surface area (Å²) in [6.07, 6.45) is 0. The zero-order chi connectivity index (χ0) is 14.9. The number of quaternary nitrogens is 1. The highest BCUT2D eigenvalue weighted by Gasteiger charge is 2.43. The number of carbonyl (C=O) groups excluding carboxylic acids is 1. The average Bonchev–Trinajstić information content (AvgIpc) is 2.41. The van der Waals surface area contributed by atoms with Gasteiger partial charge in [0.25, 0.3) is 0 Å². The van der Waals surface area contributed by atoms with Gasteiger partial charge in [0.05, 0.1) is 29.7 Å². The summed E-state index contributed by atoms with van der Waals surface area (Å²) >= 11 is 6.91. The number of fused-ring (bicyclic) bond motifs is 1. The van der Waals surface area contributed by atoms with Gasteiger partial charge in [-0.3, -0.25) is 4.79 Å². The number of hydrogen-bond donors (Lipinski definition) is 1. The van der Waals surface area contributed by atoms with E-state index >= 15 is 0 Å². The fourth-order valence-corrected chi connectivity index (χ4v) is 4.02. The van der Waals surface area contributed by atoms with Crippen LogP contribution in [0.1, 0.15) is 31.1 Å². The minimum Gasteiger partial charge on any atom is -1.00 e. The molecule has 1 aromatic rings. The summed E-state index contributed by atoms with van der Waals surface area (Å²) in [5.74, 6) is 0.852. The summed E-state index contributed by atoms with van der Waals surface area (Å²) in [6.45, 7) is 9.61. The van der Waals surface area contributed by atoms with Crippen LogP contribution in [0, 0.1) is 5.41 Å². The summed E-state index contributed by atoms with van der Waals surface area (Å²) in [6, 6.07) is 3.77. The Morgan fingerprint density at radius 1 is 1.29 bits per heavy atom. The molecule has 0 bridgehead atoms. The Morgan fingerprint density at radius 3 is 2.48 bits per heavy atom. The van der Waals surface area contributed by atoms with Crippen molar-refractivity contribution in [3.8, 4) is 5.75 Å². The third-order valence-electron chi connectivity index (χ3n) is 3.98. The Balaban J connectivity index is 0.00000220. The Hall–Kier alpha value is 0.0900. The molecule has 0 spiro atoms. The first kappa shape index (κ1) is 19.1. The molecule has 0 saturated carbocycles. The van der Waals surface area contributed by atoms with Crippen molar-refractivity contribution in [1.82, 2.24) is 0 Å². The van der Waals surface area contributed by atoms with Crippen LogP contribution in [0.4, 0.5) is 0 Å². The summed E-state index contributed by atoms with van der Waals surface area (Å²) in [4.78, 5) is 14.3. The molecule has 1 aliphatic rings. The third-order valence-corrected chi connectivity index (χ3v) is 5.02. The van der Waals surface area contributed by atoms with Gasteiger partial charge in [-0.05, 0) is 48.8 Å². The van der Waals surface area contributed by atoms with Crippen molar-refractivity contribution in [2.75, 3.05) is 26.2 Å². The maximum absolute atomic E-state index is 12.9. The van der Waals surface area contributed by atoms with E-state index in [0.29, 0.717) is 17.9 Å². The lowest BCUT2D eigenvalue weighted by Gasteiger charge is -2.35. The lowest BCUT2D eigenvalue weighted by Crippen LogP contribution is -3.13. The van der Waals surface area contributed by atoms with Crippen LogP contribution in [0.25, 0.3) is 0 Å². The molecule has 0 radical (unpaired) electrons. The number of ketones is 1. The topological polar surface area (TPSA) is 30.7 Å². The molecule has 1 aromatic carbocycles. The van der Waals surface area contributed by atoms with Gasteiger partial charge >= 0.3 is 0 Å². The number of Topliss-reactive ketones (excluding diaryl/α,β-unsaturated/α-hetero) is 1. The zero-order valence-corrected chi connectivity index (χ0v) is 17.2. The predicted octanol–water partition coefficient (Wildman–Crippen LogP) is -0.278. The monoisotopic (exact) mass is 483 g/mol. The smallest absolute Gasteiger partial charge is 0.181 e. The first-order chi connectivity index (χ1) is 9.41. The van der Waals surface area contributed by atoms with E-state index < -0.39 is 5.41 Å². The molecule has 1 atom stereocenters. The fourth-order valence-electron chi connectivity index (χ4n) is 2.68. The van der Waals surface area contributed by atoms with Crippen molar-refractivity contribution in [2.45, 2.75) is 20.8 Å². The molecule has 1 N–H and O–H groups in total. The standard InChI is InChI=1S/C15H19Br2NO2.BrH/c1-4-18(5-2)8-15(3)9-20-13-11(14(15)19)6-10(16)7-12(13)17;/h6-7H,4-5,8-9H2,1-3H3;1H. The molecule has 1 unspecified atom stereocenters. The number of benzene rings is 1. The van der Waals surface area contributed by atoms with E-state index in [1.165, 1.54) is 4.90 Å². The van der Waals surface area contributed by atoms with Crippen LogP contribution in [0.15, 0.2) is 21.1 Å². The van der Waals surface area contributed by atoms with E-state index in [9.17, 15) is 4.79 Å². The number of ether oxygens (including phenoxy) is 1. The van der Waals surface area contributed by atoms with Crippen LogP contribution < -0.4 is 26.6 Å². The number of carbonyl (C=O) groups is 1. The van der Waals surface area contributed by atoms with Crippen LogP contribution in [0.5, 0.6) is 5.75 Å². The largest absolute Gasteiger partial charge is 1.00 e. The molecule has 3 nitrogen and oxygen atoms in total. The molecule has 0 aromatic heterocycles. The Kier molecular flexibility index (Phi) is 6.90. The van der Waals surface area contributed by atoms with Crippen molar-refractivity contribution < 1.29 is 31.4 Å². The van der Waals surface area contributed by atoms with Gasteiger partial charge in [0.15, 0.2) is 5.78 Å². The molecule has 0 saturated heterocycles. The van der Waals surface area contributed by atoms with Crippen molar-refractivity contribution >= 4 is 37.6 Å². The minimum absolute atomic E-state index is 0. The van der Waals surface area contributed by atoms with Gasteiger partial charge in [0.1, 0.15) is 17.8 Å². The van der Waals surface area contributed by atoms with Crippen LogP contribution in [0.3, 0.4) is 0 Å². The molecule has 1 aliphatic heterocycles. The van der Waals surface area contributed by atoms with Gasteiger partial charge in [-0.15, -0.1) is 0 Å². The van der Waals surface area contributed by atoms with Crippen LogP contribution in [-0.2, 0) is 0 Å². The molecular weight excluding hydrogens is 466 g/mol. The van der Waals surface area contributed by atoms with Crippen molar-refractivity contribution in [3.05, 3.63) is 26.6 Å². The third kappa shape index (κ3) is 3.89. The van der Waals surface area contributed by atoms with Crippen LogP contribution in [0.2, 0.25) is 0 Å². The second-order valence-corrected chi connectivity index (χ2v) is 7.35. The number of halogens is 3. The maximum Gasteiger partial charge on any atom is 0.181 e. The van der Waals surface area contributed by atoms with E-state index in [0.717, 1.165) is 28.6 Å². The average molecular weight is 486 g/mol. The lowest BCUT2D eigenvalue weighted by atomic mass is 9.80. The molecule has 1 heterocycles. The molecule has 0 aliphatic carbocycles. The Labute approximate surface area is 153 Å². The van der Waals surface area contributed by atoms with Crippen LogP contribution >= 0.6 is 31.9 Å². The van der Waals surface area contributed by atoms with Crippen molar-refractivity contribution in [3.63, 3.8) is 0 Å². The van der Waals surface area contributed by atoms with Crippen molar-refractivity contribution in [2.24, 2.45) is 5.41 Å². The van der Waals surface area contributed by atoms with E-state index in [1.54, 1.807) is 0 Å². The zero-order valence-electron chi connectivity index (χ0n) is 12.4. The summed E-state index contributed by atoms with van der Waals surface area (Å²) in [5, 5.41) is 0. The molecule has 6 heteroatoms. The lowest BCUT2D eigenvalue weighted by molar-refractivity contribution is -0.901. The number of hydrogen-bond acceptors (Lipinski definition) is 2. The minimum atomic E-state index is -0.450. The molecule has 21 heavy (non-hydrogen) atoms. The highest BCUT2D eigenvalue weighted by atomic mass is 79.9. The molecular formula is C15H20Br3NO2. The first-order valence-corrected chi connectivity index (χ1v) is 8.50. The van der Waals surface area contributed by atoms with Gasteiger partial charge in [-0.25, -0.2) is 0 Å². The second kappa shape index (κ2) is 7.57. The number of rotatable bonds is 4.